The van der Waals surface area contributed by atoms with Gasteiger partial charge in [0.2, 0.25) is 0 Å². The molecule has 0 radical (unpaired) electrons. The molecular formula is C13H14N2. The van der Waals surface area contributed by atoms with E-state index in [4.69, 9.17) is 0 Å². The quantitative estimate of drug-likeness (QED) is 0.757. The molecule has 0 fully saturated rings. The zero-order chi connectivity index (χ0) is 10.5. The molecule has 2 aromatic rings. The molecule has 2 heteroatoms. The Morgan fingerprint density at radius 1 is 0.933 bits per heavy atom. The van der Waals surface area contributed by atoms with Crippen LogP contribution in [0, 0.1) is 6.92 Å². The molecule has 0 aliphatic carbocycles. The maximum Gasteiger partial charge on any atom is 0.0590 e. The molecule has 0 spiro atoms. The van der Waals surface area contributed by atoms with E-state index in [1.54, 1.807) is 0 Å². The number of rotatable bonds is 3. The lowest BCUT2D eigenvalue weighted by Crippen LogP contribution is -1.96. The molecular weight excluding hydrogens is 184 g/mol. The highest BCUT2D eigenvalue weighted by atomic mass is 14.8. The summed E-state index contributed by atoms with van der Waals surface area (Å²) in [6.45, 7) is 1.95. The number of aryl methyl sites for hydroxylation is 3. The van der Waals surface area contributed by atoms with Crippen LogP contribution in [0.15, 0.2) is 42.7 Å². The number of nitrogens with zero attached hydrogens (tertiary/aromatic N) is 2. The third kappa shape index (κ3) is 2.88. The van der Waals surface area contributed by atoms with Crippen molar-refractivity contribution in [2.45, 2.75) is 19.8 Å². The first-order valence-corrected chi connectivity index (χ1v) is 5.16. The fourth-order valence-corrected chi connectivity index (χ4v) is 1.47. The molecule has 1 aromatic heterocycles. The van der Waals surface area contributed by atoms with Gasteiger partial charge in [-0.2, -0.15) is 0 Å². The molecule has 76 valence electrons. The summed E-state index contributed by atoms with van der Waals surface area (Å²) in [4.78, 5) is 8.56. The first kappa shape index (κ1) is 9.84. The maximum atomic E-state index is 4.33. The minimum atomic E-state index is 0.956. The van der Waals surface area contributed by atoms with E-state index in [-0.39, 0.29) is 0 Å². The maximum absolute atomic E-state index is 4.33. The molecule has 0 aliphatic rings. The summed E-state index contributed by atoms with van der Waals surface area (Å²) >= 11 is 0. The third-order valence-electron chi connectivity index (χ3n) is 2.35. The van der Waals surface area contributed by atoms with Crippen molar-refractivity contribution in [3.63, 3.8) is 0 Å². The smallest absolute Gasteiger partial charge is 0.0590 e. The Hall–Kier alpha value is -1.70. The zero-order valence-electron chi connectivity index (χ0n) is 8.85. The summed E-state index contributed by atoms with van der Waals surface area (Å²) < 4.78 is 0. The van der Waals surface area contributed by atoms with Gasteiger partial charge in [-0.3, -0.25) is 9.97 Å². The van der Waals surface area contributed by atoms with Gasteiger partial charge < -0.3 is 0 Å². The average Bonchev–Trinajstić information content (AvgIpc) is 2.30. The minimum Gasteiger partial charge on any atom is -0.258 e. The van der Waals surface area contributed by atoms with E-state index in [1.807, 2.05) is 25.4 Å². The summed E-state index contributed by atoms with van der Waals surface area (Å²) in [7, 11) is 0. The van der Waals surface area contributed by atoms with Gasteiger partial charge in [-0.05, 0) is 25.3 Å². The molecule has 15 heavy (non-hydrogen) atoms. The van der Waals surface area contributed by atoms with Crippen molar-refractivity contribution in [3.05, 3.63) is 59.7 Å². The third-order valence-corrected chi connectivity index (χ3v) is 2.35. The molecule has 0 amide bonds. The van der Waals surface area contributed by atoms with Crippen LogP contribution in [0.2, 0.25) is 0 Å². The van der Waals surface area contributed by atoms with E-state index in [0.29, 0.717) is 0 Å². The van der Waals surface area contributed by atoms with Crippen molar-refractivity contribution < 1.29 is 0 Å². The van der Waals surface area contributed by atoms with Gasteiger partial charge in [0.25, 0.3) is 0 Å². The highest BCUT2D eigenvalue weighted by Crippen LogP contribution is 2.04. The van der Waals surface area contributed by atoms with Crippen LogP contribution in [0.5, 0.6) is 0 Å². The van der Waals surface area contributed by atoms with Gasteiger partial charge in [0.1, 0.15) is 0 Å². The van der Waals surface area contributed by atoms with Crippen LogP contribution < -0.4 is 0 Å². The monoisotopic (exact) mass is 198 g/mol. The number of hydrogen-bond acceptors (Lipinski definition) is 2. The van der Waals surface area contributed by atoms with E-state index in [2.05, 4.69) is 34.2 Å². The number of aromatic nitrogens is 2. The Kier molecular flexibility index (Phi) is 3.08. The topological polar surface area (TPSA) is 25.8 Å². The standard InChI is InChI=1S/C13H14N2/c1-11-9-15-13(10-14-11)8-7-12-5-3-2-4-6-12/h2-6,9-10H,7-8H2,1H3. The Balaban J connectivity index is 1.96. The minimum absolute atomic E-state index is 0.956. The lowest BCUT2D eigenvalue weighted by atomic mass is 10.1. The van der Waals surface area contributed by atoms with Crippen molar-refractivity contribution in [3.8, 4) is 0 Å². The average molecular weight is 198 g/mol. The van der Waals surface area contributed by atoms with Crippen molar-refractivity contribution in [2.75, 3.05) is 0 Å². The fraction of sp³-hybridized carbons (Fsp3) is 0.231. The first-order chi connectivity index (χ1) is 7.34. The van der Waals surface area contributed by atoms with Gasteiger partial charge in [-0.1, -0.05) is 30.3 Å². The van der Waals surface area contributed by atoms with Crippen LogP contribution in [0.4, 0.5) is 0 Å². The zero-order valence-corrected chi connectivity index (χ0v) is 8.85. The molecule has 1 aromatic carbocycles. The summed E-state index contributed by atoms with van der Waals surface area (Å²) in [6.07, 6.45) is 5.66. The Labute approximate surface area is 90.0 Å². The van der Waals surface area contributed by atoms with Crippen LogP contribution in [-0.2, 0) is 12.8 Å². The molecule has 0 saturated heterocycles. The van der Waals surface area contributed by atoms with Crippen LogP contribution >= 0.6 is 0 Å². The summed E-state index contributed by atoms with van der Waals surface area (Å²) in [5.41, 5.74) is 3.38. The van der Waals surface area contributed by atoms with Gasteiger partial charge in [-0.15, -0.1) is 0 Å². The molecule has 0 unspecified atom stereocenters. The number of hydrogen-bond donors (Lipinski definition) is 0. The molecule has 0 N–H and O–H groups in total. The van der Waals surface area contributed by atoms with Crippen molar-refractivity contribution in [2.24, 2.45) is 0 Å². The predicted octanol–water partition coefficient (Wildman–Crippen LogP) is 2.57. The highest BCUT2D eigenvalue weighted by molar-refractivity contribution is 5.16. The van der Waals surface area contributed by atoms with Gasteiger partial charge in [0.15, 0.2) is 0 Å². The van der Waals surface area contributed by atoms with E-state index in [0.717, 1.165) is 24.2 Å². The second kappa shape index (κ2) is 4.69. The molecule has 0 aliphatic heterocycles. The van der Waals surface area contributed by atoms with Crippen LogP contribution in [0.1, 0.15) is 17.0 Å². The predicted molar refractivity (Wildman–Crippen MR) is 60.6 cm³/mol. The number of benzene rings is 1. The lowest BCUT2D eigenvalue weighted by molar-refractivity contribution is 0.890. The second-order valence-corrected chi connectivity index (χ2v) is 3.63. The fourth-order valence-electron chi connectivity index (χ4n) is 1.47. The second-order valence-electron chi connectivity index (χ2n) is 3.63. The van der Waals surface area contributed by atoms with Gasteiger partial charge in [-0.25, -0.2) is 0 Å². The van der Waals surface area contributed by atoms with Crippen LogP contribution in [-0.4, -0.2) is 9.97 Å². The molecule has 2 nitrogen and oxygen atoms in total. The van der Waals surface area contributed by atoms with Crippen molar-refractivity contribution >= 4 is 0 Å². The van der Waals surface area contributed by atoms with Gasteiger partial charge >= 0.3 is 0 Å². The molecule has 1 heterocycles. The summed E-state index contributed by atoms with van der Waals surface area (Å²) in [5.74, 6) is 0. The highest BCUT2D eigenvalue weighted by Gasteiger charge is 1.96. The normalized spacial score (nSPS) is 10.2. The van der Waals surface area contributed by atoms with Gasteiger partial charge in [0, 0.05) is 12.4 Å². The van der Waals surface area contributed by atoms with Crippen molar-refractivity contribution in [1.29, 1.82) is 0 Å². The molecule has 0 saturated carbocycles. The largest absolute Gasteiger partial charge is 0.258 e. The molecule has 0 atom stereocenters. The first-order valence-electron chi connectivity index (χ1n) is 5.16. The molecule has 0 bridgehead atoms. The van der Waals surface area contributed by atoms with E-state index >= 15 is 0 Å². The van der Waals surface area contributed by atoms with Crippen LogP contribution in [0.25, 0.3) is 0 Å². The van der Waals surface area contributed by atoms with Gasteiger partial charge in [0.05, 0.1) is 11.4 Å². The summed E-state index contributed by atoms with van der Waals surface area (Å²) in [6, 6.07) is 10.4. The SMILES string of the molecule is Cc1cnc(CCc2ccccc2)cn1. The Morgan fingerprint density at radius 3 is 2.40 bits per heavy atom. The van der Waals surface area contributed by atoms with E-state index in [9.17, 15) is 0 Å². The summed E-state index contributed by atoms with van der Waals surface area (Å²) in [5, 5.41) is 0. The van der Waals surface area contributed by atoms with E-state index < -0.39 is 0 Å². The lowest BCUT2D eigenvalue weighted by Gasteiger charge is -2.00. The van der Waals surface area contributed by atoms with Crippen molar-refractivity contribution in [1.82, 2.24) is 9.97 Å². The molecule has 2 rings (SSSR count). The Morgan fingerprint density at radius 2 is 1.73 bits per heavy atom. The van der Waals surface area contributed by atoms with E-state index in [1.165, 1.54) is 5.56 Å². The van der Waals surface area contributed by atoms with Crippen LogP contribution in [0.3, 0.4) is 0 Å². The Bertz CT molecular complexity index is 406.